The van der Waals surface area contributed by atoms with E-state index in [1.165, 1.54) is 18.3 Å². The third-order valence-electron chi connectivity index (χ3n) is 2.63. The molecule has 1 heterocycles. The van der Waals surface area contributed by atoms with Gasteiger partial charge in [0.15, 0.2) is 5.60 Å². The summed E-state index contributed by atoms with van der Waals surface area (Å²) >= 11 is 0. The zero-order chi connectivity index (χ0) is 12.3. The zero-order valence-corrected chi connectivity index (χ0v) is 9.05. The van der Waals surface area contributed by atoms with Crippen molar-refractivity contribution in [2.24, 2.45) is 0 Å². The maximum Gasteiger partial charge on any atom is 0.157 e. The Morgan fingerprint density at radius 3 is 2.41 bits per heavy atom. The smallest absolute Gasteiger partial charge is 0.157 e. The Balaban J connectivity index is 2.56. The molecule has 0 aliphatic heterocycles. The molecule has 0 aliphatic carbocycles. The summed E-state index contributed by atoms with van der Waals surface area (Å²) in [5, 5.41) is 19.8. The number of aliphatic hydroxyl groups excluding tert-OH is 1. The lowest BCUT2D eigenvalue weighted by Gasteiger charge is -2.26. The molecule has 2 aromatic rings. The normalized spacial score (nSPS) is 14.3. The molecule has 0 fully saturated rings. The van der Waals surface area contributed by atoms with Crippen LogP contribution in [0.15, 0.2) is 48.7 Å². The molecule has 4 heteroatoms. The van der Waals surface area contributed by atoms with Gasteiger partial charge in [-0.05, 0) is 17.7 Å². The van der Waals surface area contributed by atoms with E-state index in [0.717, 1.165) is 0 Å². The van der Waals surface area contributed by atoms with Crippen LogP contribution in [0.3, 0.4) is 0 Å². The first-order chi connectivity index (χ1) is 8.18. The van der Waals surface area contributed by atoms with Crippen LogP contribution in [0.4, 0.5) is 4.39 Å². The van der Waals surface area contributed by atoms with Gasteiger partial charge >= 0.3 is 0 Å². The lowest BCUT2D eigenvalue weighted by molar-refractivity contribution is 0.0106. The van der Waals surface area contributed by atoms with Crippen molar-refractivity contribution in [3.05, 3.63) is 65.7 Å². The maximum atomic E-state index is 13.6. The van der Waals surface area contributed by atoms with Crippen LogP contribution in [0.25, 0.3) is 0 Å². The molecule has 1 unspecified atom stereocenters. The van der Waals surface area contributed by atoms with Gasteiger partial charge in [0.2, 0.25) is 0 Å². The molecule has 1 atom stereocenters. The first kappa shape index (κ1) is 11.7. The van der Waals surface area contributed by atoms with Gasteiger partial charge < -0.3 is 10.2 Å². The van der Waals surface area contributed by atoms with Crippen molar-refractivity contribution in [2.45, 2.75) is 5.60 Å². The van der Waals surface area contributed by atoms with Crippen molar-refractivity contribution in [2.75, 3.05) is 6.61 Å². The van der Waals surface area contributed by atoms with Crippen LogP contribution in [0.2, 0.25) is 0 Å². The zero-order valence-electron chi connectivity index (χ0n) is 9.05. The molecular weight excluding hydrogens is 221 g/mol. The fourth-order valence-corrected chi connectivity index (χ4v) is 1.71. The number of rotatable bonds is 3. The van der Waals surface area contributed by atoms with Crippen LogP contribution in [0, 0.1) is 5.82 Å². The summed E-state index contributed by atoms with van der Waals surface area (Å²) < 4.78 is 13.6. The number of nitrogens with zero attached hydrogens (tertiary/aromatic N) is 1. The average Bonchev–Trinajstić information content (AvgIpc) is 2.39. The van der Waals surface area contributed by atoms with E-state index in [1.54, 1.807) is 30.3 Å². The third kappa shape index (κ3) is 2.05. The van der Waals surface area contributed by atoms with E-state index in [1.807, 2.05) is 0 Å². The standard InChI is InChI=1S/C13H12FNO2/c14-11-7-4-8-15-12(11)13(17,9-16)10-5-2-1-3-6-10/h1-8,16-17H,9H2. The summed E-state index contributed by atoms with van der Waals surface area (Å²) in [6.45, 7) is -0.634. The molecule has 0 saturated carbocycles. The molecule has 0 bridgehead atoms. The Kier molecular flexibility index (Phi) is 3.17. The van der Waals surface area contributed by atoms with Crippen molar-refractivity contribution in [1.29, 1.82) is 0 Å². The number of pyridine rings is 1. The summed E-state index contributed by atoms with van der Waals surface area (Å²) in [7, 11) is 0. The fourth-order valence-electron chi connectivity index (χ4n) is 1.71. The van der Waals surface area contributed by atoms with Crippen LogP contribution < -0.4 is 0 Å². The quantitative estimate of drug-likeness (QED) is 0.843. The average molecular weight is 233 g/mol. The van der Waals surface area contributed by atoms with Gasteiger partial charge in [0.1, 0.15) is 11.5 Å². The molecule has 1 aromatic heterocycles. The highest BCUT2D eigenvalue weighted by Gasteiger charge is 2.34. The van der Waals surface area contributed by atoms with Gasteiger partial charge in [-0.3, -0.25) is 4.98 Å². The predicted molar refractivity (Wildman–Crippen MR) is 60.7 cm³/mol. The van der Waals surface area contributed by atoms with Crippen molar-refractivity contribution in [3.8, 4) is 0 Å². The van der Waals surface area contributed by atoms with E-state index in [9.17, 15) is 14.6 Å². The second-order valence-corrected chi connectivity index (χ2v) is 3.72. The Labute approximate surface area is 98.2 Å². The lowest BCUT2D eigenvalue weighted by Crippen LogP contribution is -2.33. The number of benzene rings is 1. The Morgan fingerprint density at radius 2 is 1.82 bits per heavy atom. The highest BCUT2D eigenvalue weighted by Crippen LogP contribution is 2.28. The predicted octanol–water partition coefficient (Wildman–Crippen LogP) is 1.45. The van der Waals surface area contributed by atoms with Gasteiger partial charge in [-0.25, -0.2) is 4.39 Å². The summed E-state index contributed by atoms with van der Waals surface area (Å²) in [5.41, 5.74) is -1.58. The van der Waals surface area contributed by atoms with Crippen LogP contribution in [-0.4, -0.2) is 21.8 Å². The Bertz CT molecular complexity index is 504. The summed E-state index contributed by atoms with van der Waals surface area (Å²) in [5.74, 6) is -0.645. The highest BCUT2D eigenvalue weighted by atomic mass is 19.1. The Morgan fingerprint density at radius 1 is 1.12 bits per heavy atom. The first-order valence-electron chi connectivity index (χ1n) is 5.18. The third-order valence-corrected chi connectivity index (χ3v) is 2.63. The van der Waals surface area contributed by atoms with Crippen molar-refractivity contribution >= 4 is 0 Å². The van der Waals surface area contributed by atoms with E-state index in [-0.39, 0.29) is 5.69 Å². The van der Waals surface area contributed by atoms with E-state index in [2.05, 4.69) is 4.98 Å². The van der Waals surface area contributed by atoms with Gasteiger partial charge in [0, 0.05) is 6.20 Å². The molecule has 0 amide bonds. The van der Waals surface area contributed by atoms with Crippen molar-refractivity contribution in [1.82, 2.24) is 4.98 Å². The van der Waals surface area contributed by atoms with Crippen molar-refractivity contribution < 1.29 is 14.6 Å². The number of hydrogen-bond acceptors (Lipinski definition) is 3. The lowest BCUT2D eigenvalue weighted by atomic mass is 9.90. The SMILES string of the molecule is OCC(O)(c1ccccc1)c1ncccc1F. The minimum absolute atomic E-state index is 0.172. The second-order valence-electron chi connectivity index (χ2n) is 3.72. The second kappa shape index (κ2) is 4.61. The molecule has 1 aromatic carbocycles. The van der Waals surface area contributed by atoms with E-state index in [0.29, 0.717) is 5.56 Å². The molecule has 0 spiro atoms. The number of aromatic nitrogens is 1. The fraction of sp³-hybridized carbons (Fsp3) is 0.154. The number of hydrogen-bond donors (Lipinski definition) is 2. The molecule has 0 radical (unpaired) electrons. The molecule has 2 rings (SSSR count). The molecule has 0 saturated heterocycles. The molecular formula is C13H12FNO2. The van der Waals surface area contributed by atoms with Crippen LogP contribution in [0.5, 0.6) is 0 Å². The van der Waals surface area contributed by atoms with Crippen LogP contribution >= 0.6 is 0 Å². The monoisotopic (exact) mass is 233 g/mol. The Hall–Kier alpha value is -1.78. The first-order valence-corrected chi connectivity index (χ1v) is 5.18. The maximum absolute atomic E-state index is 13.6. The molecule has 3 nitrogen and oxygen atoms in total. The summed E-state index contributed by atoms with van der Waals surface area (Å²) in [4.78, 5) is 3.81. The molecule has 88 valence electrons. The molecule has 2 N–H and O–H groups in total. The summed E-state index contributed by atoms with van der Waals surface area (Å²) in [6.07, 6.45) is 1.38. The van der Waals surface area contributed by atoms with Gasteiger partial charge in [-0.2, -0.15) is 0 Å². The topological polar surface area (TPSA) is 53.4 Å². The number of aliphatic hydroxyl groups is 2. The van der Waals surface area contributed by atoms with Gasteiger partial charge in [0.05, 0.1) is 6.61 Å². The molecule has 17 heavy (non-hydrogen) atoms. The highest BCUT2D eigenvalue weighted by molar-refractivity contribution is 5.32. The van der Waals surface area contributed by atoms with Crippen molar-refractivity contribution in [3.63, 3.8) is 0 Å². The van der Waals surface area contributed by atoms with Gasteiger partial charge in [-0.1, -0.05) is 30.3 Å². The van der Waals surface area contributed by atoms with Gasteiger partial charge in [-0.15, -0.1) is 0 Å². The van der Waals surface area contributed by atoms with Crippen LogP contribution in [-0.2, 0) is 5.60 Å². The summed E-state index contributed by atoms with van der Waals surface area (Å²) in [6, 6.07) is 11.0. The van der Waals surface area contributed by atoms with Crippen LogP contribution in [0.1, 0.15) is 11.3 Å². The number of halogens is 1. The van der Waals surface area contributed by atoms with E-state index < -0.39 is 18.0 Å². The van der Waals surface area contributed by atoms with E-state index >= 15 is 0 Å². The van der Waals surface area contributed by atoms with Gasteiger partial charge in [0.25, 0.3) is 0 Å². The minimum Gasteiger partial charge on any atom is -0.393 e. The molecule has 0 aliphatic rings. The van der Waals surface area contributed by atoms with E-state index in [4.69, 9.17) is 0 Å². The minimum atomic E-state index is -1.81. The largest absolute Gasteiger partial charge is 0.393 e.